The van der Waals surface area contributed by atoms with E-state index in [1.807, 2.05) is 11.3 Å². The highest BCUT2D eigenvalue weighted by Crippen LogP contribution is 2.30. The van der Waals surface area contributed by atoms with E-state index >= 15 is 0 Å². The van der Waals surface area contributed by atoms with Crippen molar-refractivity contribution in [2.45, 2.75) is 46.6 Å². The van der Waals surface area contributed by atoms with Gasteiger partial charge in [0.05, 0.1) is 5.69 Å². The molecule has 0 saturated carbocycles. The SMILES string of the molecule is CCCN(C)c1nc(C(C)C)c(CNCC)s1. The maximum atomic E-state index is 4.79. The highest BCUT2D eigenvalue weighted by atomic mass is 32.1. The molecule has 3 nitrogen and oxygen atoms in total. The lowest BCUT2D eigenvalue weighted by Crippen LogP contribution is -2.17. The number of anilines is 1. The highest BCUT2D eigenvalue weighted by molar-refractivity contribution is 7.15. The van der Waals surface area contributed by atoms with Crippen LogP contribution in [0.15, 0.2) is 0 Å². The second kappa shape index (κ2) is 6.97. The Morgan fingerprint density at radius 3 is 2.59 bits per heavy atom. The van der Waals surface area contributed by atoms with Gasteiger partial charge in [-0.15, -0.1) is 11.3 Å². The topological polar surface area (TPSA) is 28.2 Å². The molecule has 1 aromatic rings. The molecule has 1 rings (SSSR count). The number of hydrogen-bond acceptors (Lipinski definition) is 4. The van der Waals surface area contributed by atoms with E-state index in [0.29, 0.717) is 5.92 Å². The molecule has 0 radical (unpaired) electrons. The Hall–Kier alpha value is -0.610. The van der Waals surface area contributed by atoms with E-state index in [1.54, 1.807) is 0 Å². The first kappa shape index (κ1) is 14.5. The molecule has 0 fully saturated rings. The normalized spacial score (nSPS) is 11.2. The minimum Gasteiger partial charge on any atom is -0.351 e. The van der Waals surface area contributed by atoms with Crippen LogP contribution in [0.5, 0.6) is 0 Å². The van der Waals surface area contributed by atoms with Crippen LogP contribution in [-0.4, -0.2) is 25.1 Å². The zero-order valence-corrected chi connectivity index (χ0v) is 12.5. The maximum absolute atomic E-state index is 4.79. The van der Waals surface area contributed by atoms with Crippen LogP contribution in [0, 0.1) is 0 Å². The van der Waals surface area contributed by atoms with E-state index in [2.05, 4.69) is 45.0 Å². The maximum Gasteiger partial charge on any atom is 0.185 e. The molecule has 0 unspecified atom stereocenters. The third-order valence-electron chi connectivity index (χ3n) is 2.68. The van der Waals surface area contributed by atoms with Crippen LogP contribution in [0.25, 0.3) is 0 Å². The van der Waals surface area contributed by atoms with Gasteiger partial charge in [0, 0.05) is 25.0 Å². The molecule has 0 bridgehead atoms. The van der Waals surface area contributed by atoms with Crippen molar-refractivity contribution < 1.29 is 0 Å². The molecule has 17 heavy (non-hydrogen) atoms. The van der Waals surface area contributed by atoms with Gasteiger partial charge in [0.25, 0.3) is 0 Å². The monoisotopic (exact) mass is 255 g/mol. The largest absolute Gasteiger partial charge is 0.351 e. The second-order valence-electron chi connectivity index (χ2n) is 4.66. The van der Waals surface area contributed by atoms with Crippen LogP contribution in [-0.2, 0) is 6.54 Å². The first-order valence-electron chi connectivity index (χ1n) is 6.51. The number of hydrogen-bond donors (Lipinski definition) is 1. The van der Waals surface area contributed by atoms with Crippen LogP contribution in [0.3, 0.4) is 0 Å². The van der Waals surface area contributed by atoms with Crippen LogP contribution in [0.1, 0.15) is 50.6 Å². The van der Waals surface area contributed by atoms with Gasteiger partial charge in [0.15, 0.2) is 5.13 Å². The lowest BCUT2D eigenvalue weighted by atomic mass is 10.1. The minimum atomic E-state index is 0.503. The van der Waals surface area contributed by atoms with Gasteiger partial charge in [0.2, 0.25) is 0 Å². The molecule has 1 N–H and O–H groups in total. The Labute approximate surface area is 109 Å². The van der Waals surface area contributed by atoms with Crippen molar-refractivity contribution in [2.75, 3.05) is 25.0 Å². The summed E-state index contributed by atoms with van der Waals surface area (Å²) in [5.41, 5.74) is 1.26. The Bertz CT molecular complexity index is 333. The van der Waals surface area contributed by atoms with Gasteiger partial charge in [-0.3, -0.25) is 0 Å². The van der Waals surface area contributed by atoms with Crippen molar-refractivity contribution in [3.8, 4) is 0 Å². The molecule has 1 heterocycles. The van der Waals surface area contributed by atoms with Gasteiger partial charge in [-0.05, 0) is 18.9 Å². The number of nitrogens with one attached hydrogen (secondary N) is 1. The van der Waals surface area contributed by atoms with Crippen molar-refractivity contribution >= 4 is 16.5 Å². The fraction of sp³-hybridized carbons (Fsp3) is 0.769. The van der Waals surface area contributed by atoms with Crippen molar-refractivity contribution in [3.63, 3.8) is 0 Å². The van der Waals surface area contributed by atoms with Crippen LogP contribution in [0.4, 0.5) is 5.13 Å². The van der Waals surface area contributed by atoms with E-state index in [-0.39, 0.29) is 0 Å². The highest BCUT2D eigenvalue weighted by Gasteiger charge is 2.15. The fourth-order valence-corrected chi connectivity index (χ4v) is 2.93. The Kier molecular flexibility index (Phi) is 5.92. The van der Waals surface area contributed by atoms with Gasteiger partial charge >= 0.3 is 0 Å². The summed E-state index contributed by atoms with van der Waals surface area (Å²) in [5.74, 6) is 0.503. The summed E-state index contributed by atoms with van der Waals surface area (Å²) < 4.78 is 0. The quantitative estimate of drug-likeness (QED) is 0.811. The van der Waals surface area contributed by atoms with Gasteiger partial charge in [-0.1, -0.05) is 27.7 Å². The average Bonchev–Trinajstić information content (AvgIpc) is 2.70. The minimum absolute atomic E-state index is 0.503. The molecule has 98 valence electrons. The molecule has 0 aliphatic carbocycles. The zero-order chi connectivity index (χ0) is 12.8. The van der Waals surface area contributed by atoms with Crippen molar-refractivity contribution in [3.05, 3.63) is 10.6 Å². The lowest BCUT2D eigenvalue weighted by molar-refractivity contribution is 0.713. The smallest absolute Gasteiger partial charge is 0.185 e. The molecule has 0 aliphatic rings. The molecule has 0 aromatic carbocycles. The third-order valence-corrected chi connectivity index (χ3v) is 3.87. The van der Waals surface area contributed by atoms with E-state index in [4.69, 9.17) is 4.98 Å². The predicted molar refractivity (Wildman–Crippen MR) is 77.1 cm³/mol. The van der Waals surface area contributed by atoms with Crippen LogP contribution in [0.2, 0.25) is 0 Å². The van der Waals surface area contributed by atoms with Crippen LogP contribution < -0.4 is 10.2 Å². The summed E-state index contributed by atoms with van der Waals surface area (Å²) in [7, 11) is 2.13. The molecule has 0 amide bonds. The predicted octanol–water partition coefficient (Wildman–Crippen LogP) is 3.22. The lowest BCUT2D eigenvalue weighted by Gasteiger charge is -2.13. The Morgan fingerprint density at radius 2 is 2.06 bits per heavy atom. The average molecular weight is 255 g/mol. The summed E-state index contributed by atoms with van der Waals surface area (Å²) in [6, 6.07) is 0. The van der Waals surface area contributed by atoms with E-state index in [1.165, 1.54) is 10.6 Å². The fourth-order valence-electron chi connectivity index (χ4n) is 1.76. The van der Waals surface area contributed by atoms with Crippen molar-refractivity contribution in [1.82, 2.24) is 10.3 Å². The summed E-state index contributed by atoms with van der Waals surface area (Å²) in [5, 5.41) is 4.55. The number of thiazole rings is 1. The Morgan fingerprint density at radius 1 is 1.35 bits per heavy atom. The summed E-state index contributed by atoms with van der Waals surface area (Å²) in [4.78, 5) is 8.43. The van der Waals surface area contributed by atoms with Gasteiger partial charge in [-0.2, -0.15) is 0 Å². The zero-order valence-electron chi connectivity index (χ0n) is 11.7. The molecule has 1 aromatic heterocycles. The van der Waals surface area contributed by atoms with Crippen molar-refractivity contribution in [1.29, 1.82) is 0 Å². The molecule has 4 heteroatoms. The van der Waals surface area contributed by atoms with Crippen LogP contribution >= 0.6 is 11.3 Å². The molecule has 0 aliphatic heterocycles. The van der Waals surface area contributed by atoms with Crippen molar-refractivity contribution in [2.24, 2.45) is 0 Å². The molecular weight excluding hydrogens is 230 g/mol. The molecule has 0 spiro atoms. The first-order valence-corrected chi connectivity index (χ1v) is 7.33. The molecular formula is C13H25N3S. The van der Waals surface area contributed by atoms with E-state index < -0.39 is 0 Å². The summed E-state index contributed by atoms with van der Waals surface area (Å²) in [6.07, 6.45) is 1.16. The van der Waals surface area contributed by atoms with E-state index in [9.17, 15) is 0 Å². The summed E-state index contributed by atoms with van der Waals surface area (Å²) in [6.45, 7) is 11.8. The number of aromatic nitrogens is 1. The number of rotatable bonds is 7. The van der Waals surface area contributed by atoms with Gasteiger partial charge in [-0.25, -0.2) is 4.98 Å². The number of nitrogens with zero attached hydrogens (tertiary/aromatic N) is 2. The van der Waals surface area contributed by atoms with E-state index in [0.717, 1.165) is 31.2 Å². The van der Waals surface area contributed by atoms with Gasteiger partial charge < -0.3 is 10.2 Å². The van der Waals surface area contributed by atoms with Gasteiger partial charge in [0.1, 0.15) is 0 Å². The Balaban J connectivity index is 2.86. The molecule has 0 saturated heterocycles. The third kappa shape index (κ3) is 3.96. The second-order valence-corrected chi connectivity index (χ2v) is 5.72. The standard InChI is InChI=1S/C13H25N3S/c1-6-8-16(5)13-15-12(10(3)4)11(17-13)9-14-7-2/h10,14H,6-9H2,1-5H3. The summed E-state index contributed by atoms with van der Waals surface area (Å²) >= 11 is 1.83. The first-order chi connectivity index (χ1) is 8.10. The molecule has 0 atom stereocenters.